The second-order valence-electron chi connectivity index (χ2n) is 4.66. The third kappa shape index (κ3) is 1.85. The molecule has 88 valence electrons. The number of nitrogens with two attached hydrogens (primary N) is 1. The van der Waals surface area contributed by atoms with Gasteiger partial charge >= 0.3 is 0 Å². The van der Waals surface area contributed by atoms with Gasteiger partial charge in [0.15, 0.2) is 0 Å². The van der Waals surface area contributed by atoms with Gasteiger partial charge in [0.25, 0.3) is 0 Å². The topological polar surface area (TPSA) is 46.2 Å². The van der Waals surface area contributed by atoms with E-state index in [-0.39, 0.29) is 17.8 Å². The summed E-state index contributed by atoms with van der Waals surface area (Å²) in [6.07, 6.45) is 4.51. The summed E-state index contributed by atoms with van der Waals surface area (Å²) in [5.74, 6) is -0.337. The maximum absolute atomic E-state index is 13.3. The first-order valence-corrected chi connectivity index (χ1v) is 5.82. The van der Waals surface area contributed by atoms with E-state index in [1.165, 1.54) is 18.9 Å². The molecule has 2 rings (SSSR count). The van der Waals surface area contributed by atoms with Crippen LogP contribution in [-0.4, -0.2) is 11.7 Å². The van der Waals surface area contributed by atoms with E-state index in [2.05, 4.69) is 0 Å². The molecule has 2 nitrogen and oxygen atoms in total. The van der Waals surface area contributed by atoms with Crippen molar-refractivity contribution in [3.8, 4) is 0 Å². The van der Waals surface area contributed by atoms with Crippen molar-refractivity contribution in [1.82, 2.24) is 0 Å². The van der Waals surface area contributed by atoms with Crippen molar-refractivity contribution >= 4 is 0 Å². The van der Waals surface area contributed by atoms with Gasteiger partial charge in [-0.25, -0.2) is 4.39 Å². The van der Waals surface area contributed by atoms with Crippen molar-refractivity contribution < 1.29 is 9.50 Å². The molecule has 1 aliphatic carbocycles. The van der Waals surface area contributed by atoms with Crippen LogP contribution in [0.4, 0.5) is 4.39 Å². The molecular formula is C13H18FNO. The van der Waals surface area contributed by atoms with Crippen LogP contribution in [0.15, 0.2) is 18.2 Å². The quantitative estimate of drug-likeness (QED) is 0.824. The first kappa shape index (κ1) is 11.6. The lowest BCUT2D eigenvalue weighted by Crippen LogP contribution is -2.32. The molecule has 0 aliphatic heterocycles. The van der Waals surface area contributed by atoms with Gasteiger partial charge in [-0.05, 0) is 30.5 Å². The highest BCUT2D eigenvalue weighted by Crippen LogP contribution is 2.40. The van der Waals surface area contributed by atoms with Gasteiger partial charge in [0, 0.05) is 17.5 Å². The highest BCUT2D eigenvalue weighted by molar-refractivity contribution is 5.32. The molecule has 0 unspecified atom stereocenters. The minimum absolute atomic E-state index is 0.0115. The molecule has 0 amide bonds. The number of benzene rings is 1. The number of aliphatic hydroxyl groups is 1. The summed E-state index contributed by atoms with van der Waals surface area (Å²) in [7, 11) is 0. The second-order valence-corrected chi connectivity index (χ2v) is 4.66. The molecule has 0 atom stereocenters. The zero-order valence-electron chi connectivity index (χ0n) is 9.38. The Balaban J connectivity index is 2.38. The second kappa shape index (κ2) is 4.52. The average molecular weight is 223 g/mol. The van der Waals surface area contributed by atoms with E-state index in [9.17, 15) is 4.39 Å². The van der Waals surface area contributed by atoms with E-state index in [4.69, 9.17) is 10.8 Å². The Bertz CT molecular complexity index is 372. The molecule has 0 spiro atoms. The number of aliphatic hydroxyl groups excluding tert-OH is 1. The molecule has 3 N–H and O–H groups in total. The van der Waals surface area contributed by atoms with Crippen molar-refractivity contribution in [2.75, 3.05) is 6.54 Å². The predicted octanol–water partition coefficient (Wildman–Crippen LogP) is 2.09. The van der Waals surface area contributed by atoms with Crippen molar-refractivity contribution in [3.05, 3.63) is 35.1 Å². The smallest absolute Gasteiger partial charge is 0.128 e. The molecule has 1 aliphatic rings. The monoisotopic (exact) mass is 223 g/mol. The van der Waals surface area contributed by atoms with Crippen LogP contribution in [0.3, 0.4) is 0 Å². The van der Waals surface area contributed by atoms with Crippen LogP contribution in [0, 0.1) is 5.82 Å². The highest BCUT2D eigenvalue weighted by Gasteiger charge is 2.34. The molecule has 1 saturated carbocycles. The van der Waals surface area contributed by atoms with Gasteiger partial charge in [-0.3, -0.25) is 0 Å². The van der Waals surface area contributed by atoms with Gasteiger partial charge in [-0.2, -0.15) is 0 Å². The Labute approximate surface area is 95.3 Å². The Morgan fingerprint density at radius 3 is 2.56 bits per heavy atom. The van der Waals surface area contributed by atoms with Gasteiger partial charge in [0.2, 0.25) is 0 Å². The molecule has 1 aromatic rings. The molecule has 0 radical (unpaired) electrons. The predicted molar refractivity (Wildman–Crippen MR) is 61.5 cm³/mol. The zero-order chi connectivity index (χ0) is 11.6. The Morgan fingerprint density at radius 2 is 2.00 bits per heavy atom. The van der Waals surface area contributed by atoms with E-state index in [1.54, 1.807) is 6.07 Å². The average Bonchev–Trinajstić information content (AvgIpc) is 2.79. The highest BCUT2D eigenvalue weighted by atomic mass is 19.1. The fraction of sp³-hybridized carbons (Fsp3) is 0.538. The summed E-state index contributed by atoms with van der Waals surface area (Å²) >= 11 is 0. The SMILES string of the molecule is NCC1(c2ccc(F)c(CO)c2)CCCC1. The Morgan fingerprint density at radius 1 is 1.31 bits per heavy atom. The normalized spacial score (nSPS) is 18.9. The van der Waals surface area contributed by atoms with Crippen molar-refractivity contribution in [3.63, 3.8) is 0 Å². The number of halogens is 1. The fourth-order valence-corrected chi connectivity index (χ4v) is 2.69. The van der Waals surface area contributed by atoms with E-state index in [1.807, 2.05) is 6.07 Å². The molecule has 3 heteroatoms. The standard InChI is InChI=1S/C13H18FNO/c14-12-4-3-11(7-10(12)8-16)13(9-15)5-1-2-6-13/h3-4,7,16H,1-2,5-6,8-9,15H2. The van der Waals surface area contributed by atoms with Gasteiger partial charge < -0.3 is 10.8 Å². The molecular weight excluding hydrogens is 205 g/mol. The summed E-state index contributed by atoms with van der Waals surface area (Å²) in [5, 5.41) is 9.07. The molecule has 0 bridgehead atoms. The van der Waals surface area contributed by atoms with Crippen LogP contribution in [0.5, 0.6) is 0 Å². The fourth-order valence-electron chi connectivity index (χ4n) is 2.69. The van der Waals surface area contributed by atoms with Crippen LogP contribution in [0.25, 0.3) is 0 Å². The van der Waals surface area contributed by atoms with Crippen molar-refractivity contribution in [2.45, 2.75) is 37.7 Å². The first-order valence-electron chi connectivity index (χ1n) is 5.82. The van der Waals surface area contributed by atoms with Crippen LogP contribution < -0.4 is 5.73 Å². The van der Waals surface area contributed by atoms with E-state index in [0.717, 1.165) is 18.4 Å². The van der Waals surface area contributed by atoms with E-state index >= 15 is 0 Å². The zero-order valence-corrected chi connectivity index (χ0v) is 9.38. The lowest BCUT2D eigenvalue weighted by molar-refractivity contribution is 0.275. The molecule has 0 heterocycles. The number of rotatable bonds is 3. The maximum Gasteiger partial charge on any atom is 0.128 e. The van der Waals surface area contributed by atoms with E-state index < -0.39 is 0 Å². The summed E-state index contributed by atoms with van der Waals surface area (Å²) in [6.45, 7) is 0.351. The number of hydrogen-bond donors (Lipinski definition) is 2. The van der Waals surface area contributed by atoms with Crippen LogP contribution in [-0.2, 0) is 12.0 Å². The molecule has 0 saturated heterocycles. The molecule has 0 aromatic heterocycles. The minimum Gasteiger partial charge on any atom is -0.392 e. The molecule has 1 fully saturated rings. The molecule has 16 heavy (non-hydrogen) atoms. The third-order valence-electron chi connectivity index (χ3n) is 3.78. The van der Waals surface area contributed by atoms with Crippen molar-refractivity contribution in [1.29, 1.82) is 0 Å². The lowest BCUT2D eigenvalue weighted by Gasteiger charge is -2.28. The Hall–Kier alpha value is -0.930. The van der Waals surface area contributed by atoms with Gasteiger partial charge in [0.1, 0.15) is 5.82 Å². The molecule has 1 aromatic carbocycles. The van der Waals surface area contributed by atoms with E-state index in [0.29, 0.717) is 12.1 Å². The van der Waals surface area contributed by atoms with Gasteiger partial charge in [0.05, 0.1) is 6.61 Å². The van der Waals surface area contributed by atoms with Crippen molar-refractivity contribution in [2.24, 2.45) is 5.73 Å². The Kier molecular flexibility index (Phi) is 3.26. The van der Waals surface area contributed by atoms with Crippen LogP contribution >= 0.6 is 0 Å². The summed E-state index contributed by atoms with van der Waals surface area (Å²) in [6, 6.07) is 5.02. The maximum atomic E-state index is 13.3. The lowest BCUT2D eigenvalue weighted by atomic mass is 9.78. The summed E-state index contributed by atoms with van der Waals surface area (Å²) in [5.41, 5.74) is 7.34. The summed E-state index contributed by atoms with van der Waals surface area (Å²) < 4.78 is 13.3. The van der Waals surface area contributed by atoms with Gasteiger partial charge in [-0.1, -0.05) is 18.9 Å². The van der Waals surface area contributed by atoms with Gasteiger partial charge in [-0.15, -0.1) is 0 Å². The third-order valence-corrected chi connectivity index (χ3v) is 3.78. The van der Waals surface area contributed by atoms with Crippen LogP contribution in [0.1, 0.15) is 36.8 Å². The first-order chi connectivity index (χ1) is 7.72. The largest absolute Gasteiger partial charge is 0.392 e. The van der Waals surface area contributed by atoms with Crippen LogP contribution in [0.2, 0.25) is 0 Å². The number of hydrogen-bond acceptors (Lipinski definition) is 2. The summed E-state index contributed by atoms with van der Waals surface area (Å²) in [4.78, 5) is 0. The minimum atomic E-state index is -0.337.